The highest BCUT2D eigenvalue weighted by molar-refractivity contribution is 5.93. The second-order valence-corrected chi connectivity index (χ2v) is 17.2. The van der Waals surface area contributed by atoms with Crippen LogP contribution in [0, 0.1) is 17.8 Å². The zero-order valence-corrected chi connectivity index (χ0v) is 37.6. The van der Waals surface area contributed by atoms with Gasteiger partial charge in [-0.25, -0.2) is 10.5 Å². The normalized spacial score (nSPS) is 27.7. The molecule has 0 spiro atoms. The minimum absolute atomic E-state index is 0.0370. The Morgan fingerprint density at radius 3 is 2.55 bits per heavy atom. The molecule has 1 unspecified atom stereocenters. The van der Waals surface area contributed by atoms with Crippen molar-refractivity contribution in [3.8, 4) is 5.75 Å². The molecule has 8 atom stereocenters. The van der Waals surface area contributed by atoms with Gasteiger partial charge in [-0.3, -0.25) is 38.8 Å². The van der Waals surface area contributed by atoms with E-state index in [1.54, 1.807) is 76.4 Å². The Balaban J connectivity index is 1.45. The summed E-state index contributed by atoms with van der Waals surface area (Å²) in [6, 6.07) is 6.53. The molecule has 1 saturated heterocycles. The SMILES string of the molecule is CC(=O)CC[C@H]1C(=O)N[C@@H](C(C)C)C(=O)N[C@@H](Cc2cccc(O)c2)C(=O)N2CCCC(N2)C(=O)O[C@H](/C(C)=C/C=C/C(=O)N2Cc3ncccc3CO2)C/C=C/C=C/[C@H](O)[C@H](C)[C@H]1O. The van der Waals surface area contributed by atoms with Crippen LogP contribution >= 0.6 is 0 Å². The van der Waals surface area contributed by atoms with E-state index in [1.807, 2.05) is 6.07 Å². The summed E-state index contributed by atoms with van der Waals surface area (Å²) in [4.78, 5) is 91.5. The number of aliphatic hydroxyl groups is 2. The number of hydrazine groups is 1. The predicted octanol–water partition coefficient (Wildman–Crippen LogP) is 3.20. The monoisotopic (exact) mass is 898 g/mol. The van der Waals surface area contributed by atoms with Crippen molar-refractivity contribution in [2.75, 3.05) is 6.54 Å². The number of fused-ring (bicyclic) bond motifs is 3. The maximum Gasteiger partial charge on any atom is 0.325 e. The van der Waals surface area contributed by atoms with Crippen LogP contribution in [0.15, 0.2) is 90.7 Å². The van der Waals surface area contributed by atoms with E-state index in [0.29, 0.717) is 24.0 Å². The van der Waals surface area contributed by atoms with Crippen LogP contribution in [-0.2, 0) is 57.9 Å². The number of aliphatic hydroxyl groups excluding tert-OH is 2. The Labute approximate surface area is 379 Å². The Bertz CT molecular complexity index is 2150. The summed E-state index contributed by atoms with van der Waals surface area (Å²) in [6.45, 7) is 8.66. The number of phenolic OH excluding ortho intramolecular Hbond substituents is 1. The average Bonchev–Trinajstić information content (AvgIpc) is 3.28. The number of ketones is 1. The van der Waals surface area contributed by atoms with Crippen molar-refractivity contribution in [3.63, 3.8) is 0 Å². The number of carbonyl (C=O) groups is 6. The minimum atomic E-state index is -1.43. The number of aromatic nitrogens is 1. The quantitative estimate of drug-likeness (QED) is 0.121. The predicted molar refractivity (Wildman–Crippen MR) is 238 cm³/mol. The van der Waals surface area contributed by atoms with Gasteiger partial charge >= 0.3 is 5.97 Å². The molecule has 4 heterocycles. The van der Waals surface area contributed by atoms with E-state index >= 15 is 0 Å². The van der Waals surface area contributed by atoms with Crippen LogP contribution in [0.5, 0.6) is 5.75 Å². The lowest BCUT2D eigenvalue weighted by Gasteiger charge is -2.36. The molecule has 17 nitrogen and oxygen atoms in total. The van der Waals surface area contributed by atoms with Crippen molar-refractivity contribution in [1.29, 1.82) is 0 Å². The first-order chi connectivity index (χ1) is 31.0. The first kappa shape index (κ1) is 50.0. The molecule has 5 rings (SSSR count). The van der Waals surface area contributed by atoms with Crippen molar-refractivity contribution in [2.45, 2.75) is 123 Å². The molecule has 6 N–H and O–H groups in total. The number of rotatable bonds is 9. The molecular weight excluding hydrogens is 837 g/mol. The van der Waals surface area contributed by atoms with Crippen molar-refractivity contribution in [3.05, 3.63) is 108 Å². The molecule has 0 radical (unpaired) electrons. The van der Waals surface area contributed by atoms with Gasteiger partial charge in [0.1, 0.15) is 42.4 Å². The molecule has 4 amide bonds. The van der Waals surface area contributed by atoms with Gasteiger partial charge in [-0.2, -0.15) is 0 Å². The highest BCUT2D eigenvalue weighted by atomic mass is 16.7. The number of nitrogens with one attached hydrogen (secondary N) is 3. The molecule has 3 aliphatic rings. The molecule has 350 valence electrons. The molecule has 65 heavy (non-hydrogen) atoms. The smallest absolute Gasteiger partial charge is 0.325 e. The average molecular weight is 899 g/mol. The topological polar surface area (TPSA) is 237 Å². The van der Waals surface area contributed by atoms with Crippen LogP contribution in [0.2, 0.25) is 0 Å². The second-order valence-electron chi connectivity index (χ2n) is 17.2. The van der Waals surface area contributed by atoms with Gasteiger partial charge in [-0.15, -0.1) is 0 Å². The number of cyclic esters (lactones) is 1. The van der Waals surface area contributed by atoms with E-state index in [4.69, 9.17) is 9.57 Å². The summed E-state index contributed by atoms with van der Waals surface area (Å²) in [5.74, 6) is -5.88. The molecule has 2 bridgehead atoms. The number of pyridine rings is 1. The number of benzene rings is 1. The van der Waals surface area contributed by atoms with Gasteiger partial charge in [0, 0.05) is 49.6 Å². The van der Waals surface area contributed by atoms with Gasteiger partial charge in [-0.05, 0) is 68.4 Å². The van der Waals surface area contributed by atoms with Gasteiger partial charge in [0.2, 0.25) is 11.8 Å². The lowest BCUT2D eigenvalue weighted by Crippen LogP contribution is -2.62. The standard InChI is InChI=1S/C48H62N6O11/c1-29(2)43-46(61)50-38(26-33-14-10-16-35(56)25-33)47(62)53-24-12-17-37(52-53)48(63)65-41(30(3)13-9-20-42(58)54-27-39-34(28-64-54)15-11-23-49-39)19-8-6-7-18-40(57)32(5)44(59)36(45(60)51-43)22-21-31(4)55/h6-11,13-16,18,20,23,25,29,32,36-38,40-41,43-44,52,56-57,59H,12,17,19,21-22,24,26-28H2,1-5H3,(H,50,61)(H,51,60)/b8-6+,18-7+,20-9+,30-13+/t32-,36+,37?,38-,40-,41-,43-,44+/m0/s1. The number of hydroxylamine groups is 2. The summed E-state index contributed by atoms with van der Waals surface area (Å²) in [6.07, 6.45) is 9.79. The Hall–Kier alpha value is -6.01. The fourth-order valence-corrected chi connectivity index (χ4v) is 7.74. The number of amides is 4. The molecule has 3 aliphatic heterocycles. The van der Waals surface area contributed by atoms with Crippen molar-refractivity contribution in [2.24, 2.45) is 17.8 Å². The van der Waals surface area contributed by atoms with Crippen molar-refractivity contribution < 1.29 is 53.7 Å². The fourth-order valence-electron chi connectivity index (χ4n) is 7.74. The number of allylic oxidation sites excluding steroid dienone is 4. The number of ether oxygens (including phenoxy) is 1. The molecule has 2 aromatic rings. The van der Waals surface area contributed by atoms with Gasteiger partial charge in [0.05, 0.1) is 30.4 Å². The summed E-state index contributed by atoms with van der Waals surface area (Å²) < 4.78 is 6.08. The lowest BCUT2D eigenvalue weighted by atomic mass is 9.84. The van der Waals surface area contributed by atoms with Gasteiger partial charge in [0.15, 0.2) is 0 Å². The Morgan fingerprint density at radius 2 is 1.82 bits per heavy atom. The summed E-state index contributed by atoms with van der Waals surface area (Å²) in [5.41, 5.74) is 5.75. The zero-order valence-electron chi connectivity index (χ0n) is 37.6. The second kappa shape index (κ2) is 23.8. The third-order valence-corrected chi connectivity index (χ3v) is 11.8. The van der Waals surface area contributed by atoms with E-state index in [1.165, 1.54) is 47.4 Å². The molecule has 17 heteroatoms. The number of Topliss-reactive ketones (excluding diaryl/α,β-unsaturated/α-hetero) is 1. The number of nitrogens with zero attached hydrogens (tertiary/aromatic N) is 3. The summed E-state index contributed by atoms with van der Waals surface area (Å²) in [7, 11) is 0. The Kier molecular flexibility index (Phi) is 18.3. The van der Waals surface area contributed by atoms with Crippen LogP contribution in [0.25, 0.3) is 0 Å². The van der Waals surface area contributed by atoms with E-state index in [9.17, 15) is 44.1 Å². The fraction of sp³-hybridized carbons (Fsp3) is 0.479. The lowest BCUT2D eigenvalue weighted by molar-refractivity contribution is -0.196. The number of aromatic hydroxyl groups is 1. The van der Waals surface area contributed by atoms with Gasteiger partial charge in [0.25, 0.3) is 11.8 Å². The van der Waals surface area contributed by atoms with Crippen molar-refractivity contribution >= 4 is 35.4 Å². The first-order valence-electron chi connectivity index (χ1n) is 22.1. The van der Waals surface area contributed by atoms with E-state index in [0.717, 1.165) is 11.3 Å². The summed E-state index contributed by atoms with van der Waals surface area (Å²) in [5, 5.41) is 40.9. The molecule has 1 aromatic heterocycles. The third kappa shape index (κ3) is 14.2. The number of carbonyl (C=O) groups excluding carboxylic acids is 6. The van der Waals surface area contributed by atoms with Crippen LogP contribution in [0.4, 0.5) is 0 Å². The number of phenols is 1. The maximum atomic E-state index is 14.4. The molecular formula is C48H62N6O11. The maximum absolute atomic E-state index is 14.4. The van der Waals surface area contributed by atoms with Crippen LogP contribution in [0.3, 0.4) is 0 Å². The van der Waals surface area contributed by atoms with E-state index < -0.39 is 83.8 Å². The highest BCUT2D eigenvalue weighted by Gasteiger charge is 2.39. The molecule has 0 saturated carbocycles. The minimum Gasteiger partial charge on any atom is -0.508 e. The molecule has 1 fully saturated rings. The molecule has 0 aliphatic carbocycles. The number of hydrogen-bond donors (Lipinski definition) is 6. The third-order valence-electron chi connectivity index (χ3n) is 11.8. The highest BCUT2D eigenvalue weighted by Crippen LogP contribution is 2.25. The van der Waals surface area contributed by atoms with Gasteiger partial charge < -0.3 is 35.5 Å². The first-order valence-corrected chi connectivity index (χ1v) is 22.1. The summed E-state index contributed by atoms with van der Waals surface area (Å²) >= 11 is 0. The van der Waals surface area contributed by atoms with E-state index in [2.05, 4.69) is 21.0 Å². The zero-order chi connectivity index (χ0) is 47.2. The largest absolute Gasteiger partial charge is 0.508 e. The Morgan fingerprint density at radius 1 is 1.03 bits per heavy atom. The number of esters is 1. The van der Waals surface area contributed by atoms with E-state index in [-0.39, 0.29) is 56.9 Å². The van der Waals surface area contributed by atoms with Crippen LogP contribution in [0.1, 0.15) is 83.5 Å². The molecule has 1 aromatic carbocycles. The van der Waals surface area contributed by atoms with Gasteiger partial charge in [-0.1, -0.05) is 75.4 Å². The van der Waals surface area contributed by atoms with Crippen LogP contribution in [-0.4, -0.2) is 109 Å². The van der Waals surface area contributed by atoms with Crippen molar-refractivity contribution in [1.82, 2.24) is 31.1 Å². The van der Waals surface area contributed by atoms with Crippen LogP contribution < -0.4 is 16.1 Å². The number of hydrogen-bond acceptors (Lipinski definition) is 13.